The fourth-order valence-electron chi connectivity index (χ4n) is 1.97. The van der Waals surface area contributed by atoms with Crippen LogP contribution in [0.25, 0.3) is 11.0 Å². The molecule has 1 N–H and O–H groups in total. The van der Waals surface area contributed by atoms with Gasteiger partial charge < -0.3 is 14.6 Å². The van der Waals surface area contributed by atoms with Gasteiger partial charge >= 0.3 is 0 Å². The number of aromatic nitrogens is 2. The van der Waals surface area contributed by atoms with Crippen LogP contribution in [0.5, 0.6) is 0 Å². The molecule has 0 bridgehead atoms. The summed E-state index contributed by atoms with van der Waals surface area (Å²) in [6.07, 6.45) is 0. The SMILES string of the molecule is CNC(C)c1nc2ccccc2n1CCOC. The fourth-order valence-corrected chi connectivity index (χ4v) is 1.97. The van der Waals surface area contributed by atoms with E-state index in [1.54, 1.807) is 7.11 Å². The van der Waals surface area contributed by atoms with E-state index in [4.69, 9.17) is 4.74 Å². The van der Waals surface area contributed by atoms with E-state index in [9.17, 15) is 0 Å². The number of imidazole rings is 1. The van der Waals surface area contributed by atoms with Crippen molar-refractivity contribution in [2.24, 2.45) is 0 Å². The Bertz CT molecular complexity index is 492. The van der Waals surface area contributed by atoms with E-state index in [2.05, 4.69) is 27.9 Å². The summed E-state index contributed by atoms with van der Waals surface area (Å²) in [7, 11) is 3.67. The maximum Gasteiger partial charge on any atom is 0.126 e. The predicted octanol–water partition coefficient (Wildman–Crippen LogP) is 1.96. The molecule has 0 aliphatic carbocycles. The molecule has 4 nitrogen and oxygen atoms in total. The van der Waals surface area contributed by atoms with Crippen molar-refractivity contribution in [1.29, 1.82) is 0 Å². The van der Waals surface area contributed by atoms with Crippen molar-refractivity contribution in [2.45, 2.75) is 19.5 Å². The molecule has 17 heavy (non-hydrogen) atoms. The summed E-state index contributed by atoms with van der Waals surface area (Å²) in [5, 5.41) is 3.23. The van der Waals surface area contributed by atoms with Gasteiger partial charge in [-0.15, -0.1) is 0 Å². The molecule has 92 valence electrons. The zero-order chi connectivity index (χ0) is 12.3. The molecule has 1 atom stereocenters. The van der Waals surface area contributed by atoms with Crippen LogP contribution < -0.4 is 5.32 Å². The van der Waals surface area contributed by atoms with E-state index >= 15 is 0 Å². The molecule has 0 saturated heterocycles. The molecule has 4 heteroatoms. The first-order valence-corrected chi connectivity index (χ1v) is 5.89. The highest BCUT2D eigenvalue weighted by atomic mass is 16.5. The van der Waals surface area contributed by atoms with Crippen molar-refractivity contribution in [3.05, 3.63) is 30.1 Å². The third-order valence-corrected chi connectivity index (χ3v) is 3.02. The lowest BCUT2D eigenvalue weighted by molar-refractivity contribution is 0.187. The van der Waals surface area contributed by atoms with Crippen molar-refractivity contribution < 1.29 is 4.74 Å². The lowest BCUT2D eigenvalue weighted by atomic mass is 10.3. The maximum atomic E-state index is 5.16. The van der Waals surface area contributed by atoms with Gasteiger partial charge in [0.1, 0.15) is 5.82 Å². The van der Waals surface area contributed by atoms with Crippen LogP contribution in [0.1, 0.15) is 18.8 Å². The van der Waals surface area contributed by atoms with Crippen LogP contribution in [0, 0.1) is 0 Å². The number of hydrogen-bond acceptors (Lipinski definition) is 3. The standard InChI is InChI=1S/C13H19N3O/c1-10(14-2)13-15-11-6-4-5-7-12(11)16(13)8-9-17-3/h4-7,10,14H,8-9H2,1-3H3. The number of methoxy groups -OCH3 is 1. The Kier molecular flexibility index (Phi) is 3.76. The van der Waals surface area contributed by atoms with Gasteiger partial charge in [-0.2, -0.15) is 0 Å². The van der Waals surface area contributed by atoms with Crippen LogP contribution in [0.2, 0.25) is 0 Å². The number of nitrogens with zero attached hydrogens (tertiary/aromatic N) is 2. The highest BCUT2D eigenvalue weighted by Crippen LogP contribution is 2.20. The summed E-state index contributed by atoms with van der Waals surface area (Å²) in [6, 6.07) is 8.44. The second-order valence-corrected chi connectivity index (χ2v) is 4.11. The molecular formula is C13H19N3O. The van der Waals surface area contributed by atoms with E-state index < -0.39 is 0 Å². The molecule has 2 aromatic rings. The Morgan fingerprint density at radius 2 is 2.18 bits per heavy atom. The molecule has 1 unspecified atom stereocenters. The number of rotatable bonds is 5. The van der Waals surface area contributed by atoms with Crippen LogP contribution in [0.3, 0.4) is 0 Å². The minimum absolute atomic E-state index is 0.235. The lowest BCUT2D eigenvalue weighted by Gasteiger charge is -2.13. The first-order chi connectivity index (χ1) is 8.27. The van der Waals surface area contributed by atoms with Gasteiger partial charge in [0.25, 0.3) is 0 Å². The zero-order valence-electron chi connectivity index (χ0n) is 10.6. The number of hydrogen-bond donors (Lipinski definition) is 1. The van der Waals surface area contributed by atoms with E-state index in [1.165, 1.54) is 5.52 Å². The number of ether oxygens (including phenoxy) is 1. The van der Waals surface area contributed by atoms with Crippen LogP contribution in [-0.2, 0) is 11.3 Å². The third-order valence-electron chi connectivity index (χ3n) is 3.02. The van der Waals surface area contributed by atoms with Gasteiger partial charge in [0.05, 0.1) is 23.7 Å². The molecule has 0 aliphatic rings. The van der Waals surface area contributed by atoms with Crippen molar-refractivity contribution >= 4 is 11.0 Å². The molecule has 0 aliphatic heterocycles. The number of fused-ring (bicyclic) bond motifs is 1. The first kappa shape index (κ1) is 12.1. The van der Waals surface area contributed by atoms with E-state index in [0.29, 0.717) is 6.61 Å². The summed E-state index contributed by atoms with van der Waals surface area (Å²) < 4.78 is 7.39. The molecule has 0 amide bonds. The average Bonchev–Trinajstić information content (AvgIpc) is 2.74. The largest absolute Gasteiger partial charge is 0.383 e. The summed E-state index contributed by atoms with van der Waals surface area (Å²) >= 11 is 0. The second kappa shape index (κ2) is 5.29. The minimum Gasteiger partial charge on any atom is -0.383 e. The lowest BCUT2D eigenvalue weighted by Crippen LogP contribution is -2.19. The van der Waals surface area contributed by atoms with Crippen LogP contribution in [-0.4, -0.2) is 30.3 Å². The van der Waals surface area contributed by atoms with Gasteiger partial charge in [0.15, 0.2) is 0 Å². The summed E-state index contributed by atoms with van der Waals surface area (Å²) in [4.78, 5) is 4.68. The van der Waals surface area contributed by atoms with Crippen molar-refractivity contribution in [1.82, 2.24) is 14.9 Å². The first-order valence-electron chi connectivity index (χ1n) is 5.89. The summed E-state index contributed by atoms with van der Waals surface area (Å²) in [6.45, 7) is 3.65. The Morgan fingerprint density at radius 3 is 2.88 bits per heavy atom. The molecule has 1 heterocycles. The van der Waals surface area contributed by atoms with Crippen molar-refractivity contribution in [3.8, 4) is 0 Å². The van der Waals surface area contributed by atoms with E-state index in [0.717, 1.165) is 17.9 Å². The Hall–Kier alpha value is -1.39. The van der Waals surface area contributed by atoms with Gasteiger partial charge in [-0.25, -0.2) is 4.98 Å². The molecule has 0 spiro atoms. The maximum absolute atomic E-state index is 5.16. The van der Waals surface area contributed by atoms with E-state index in [-0.39, 0.29) is 6.04 Å². The summed E-state index contributed by atoms with van der Waals surface area (Å²) in [5.74, 6) is 1.06. The molecule has 0 saturated carbocycles. The van der Waals surface area contributed by atoms with Crippen LogP contribution >= 0.6 is 0 Å². The number of benzene rings is 1. The van der Waals surface area contributed by atoms with Gasteiger partial charge in [-0.3, -0.25) is 0 Å². The topological polar surface area (TPSA) is 39.1 Å². The smallest absolute Gasteiger partial charge is 0.126 e. The molecule has 2 rings (SSSR count). The average molecular weight is 233 g/mol. The van der Waals surface area contributed by atoms with Gasteiger partial charge in [0, 0.05) is 13.7 Å². The highest BCUT2D eigenvalue weighted by molar-refractivity contribution is 5.76. The van der Waals surface area contributed by atoms with Crippen molar-refractivity contribution in [3.63, 3.8) is 0 Å². The molecule has 1 aromatic carbocycles. The molecule has 0 radical (unpaired) electrons. The van der Waals surface area contributed by atoms with Crippen LogP contribution in [0.15, 0.2) is 24.3 Å². The zero-order valence-corrected chi connectivity index (χ0v) is 10.6. The van der Waals surface area contributed by atoms with Crippen LogP contribution in [0.4, 0.5) is 0 Å². The normalized spacial score (nSPS) is 13.1. The summed E-state index contributed by atoms with van der Waals surface area (Å²) in [5.41, 5.74) is 2.21. The Balaban J connectivity index is 2.48. The highest BCUT2D eigenvalue weighted by Gasteiger charge is 2.14. The van der Waals surface area contributed by atoms with Gasteiger partial charge in [0.2, 0.25) is 0 Å². The van der Waals surface area contributed by atoms with Crippen molar-refractivity contribution in [2.75, 3.05) is 20.8 Å². The Morgan fingerprint density at radius 1 is 1.41 bits per heavy atom. The fraction of sp³-hybridized carbons (Fsp3) is 0.462. The van der Waals surface area contributed by atoms with Gasteiger partial charge in [-0.1, -0.05) is 12.1 Å². The number of para-hydroxylation sites is 2. The molecular weight excluding hydrogens is 214 g/mol. The number of nitrogens with one attached hydrogen (secondary N) is 1. The minimum atomic E-state index is 0.235. The second-order valence-electron chi connectivity index (χ2n) is 4.11. The Labute approximate surface area is 102 Å². The monoisotopic (exact) mass is 233 g/mol. The molecule has 1 aromatic heterocycles. The third kappa shape index (κ3) is 2.33. The van der Waals surface area contributed by atoms with Gasteiger partial charge in [-0.05, 0) is 26.1 Å². The molecule has 0 fully saturated rings. The predicted molar refractivity (Wildman–Crippen MR) is 69.1 cm³/mol. The van der Waals surface area contributed by atoms with E-state index in [1.807, 2.05) is 25.2 Å². The quantitative estimate of drug-likeness (QED) is 0.858.